The Labute approximate surface area is 138 Å². The van der Waals surface area contributed by atoms with Crippen LogP contribution in [0, 0.1) is 0 Å². The predicted molar refractivity (Wildman–Crippen MR) is 106 cm³/mol. The Morgan fingerprint density at radius 3 is 1.18 bits per heavy atom. The molecule has 0 bridgehead atoms. The smallest absolute Gasteiger partial charge is 0.0669 e. The molecule has 2 heteroatoms. The zero-order valence-corrected chi connectivity index (χ0v) is 16.6. The third-order valence-corrected chi connectivity index (χ3v) is 24.7. The summed E-state index contributed by atoms with van der Waals surface area (Å²) in [6, 6.07) is 25.7. The lowest BCUT2D eigenvalue weighted by atomic mass is 10.4. The minimum atomic E-state index is -1.50. The van der Waals surface area contributed by atoms with Crippen LogP contribution in [0.4, 0.5) is 0 Å². The molecule has 0 radical (unpaired) electrons. The lowest BCUT2D eigenvalue weighted by molar-refractivity contribution is 1.04. The molecule has 2 rings (SSSR count). The first-order chi connectivity index (χ1) is 10.6. The van der Waals surface area contributed by atoms with Crippen molar-refractivity contribution in [3.8, 4) is 0 Å². The molecule has 2 aromatic carbocycles. The van der Waals surface area contributed by atoms with Gasteiger partial charge in [-0.2, -0.15) is 0 Å². The number of hydrogen-bond acceptors (Lipinski definition) is 0. The highest BCUT2D eigenvalue weighted by molar-refractivity contribution is 7.50. The van der Waals surface area contributed by atoms with Gasteiger partial charge in [-0.1, -0.05) is 123 Å². The highest BCUT2D eigenvalue weighted by Gasteiger charge is 2.49. The van der Waals surface area contributed by atoms with Crippen molar-refractivity contribution in [2.75, 3.05) is 0 Å². The van der Waals surface area contributed by atoms with E-state index in [-0.39, 0.29) is 0 Å². The molecule has 2 unspecified atom stereocenters. The molecule has 22 heavy (non-hydrogen) atoms. The highest BCUT2D eigenvalue weighted by Crippen LogP contribution is 2.29. The van der Waals surface area contributed by atoms with Gasteiger partial charge in [-0.05, 0) is 0 Å². The van der Waals surface area contributed by atoms with Gasteiger partial charge in [0.25, 0.3) is 0 Å². The van der Waals surface area contributed by atoms with Crippen LogP contribution < -0.4 is 10.4 Å². The summed E-state index contributed by atoms with van der Waals surface area (Å²) in [6.45, 7) is 10.1. The second kappa shape index (κ2) is 7.43. The first-order valence-corrected chi connectivity index (χ1v) is 15.1. The third kappa shape index (κ3) is 3.13. The molecular weight excluding hydrogens is 296 g/mol. The summed E-state index contributed by atoms with van der Waals surface area (Å²) in [4.78, 5) is 0. The van der Waals surface area contributed by atoms with Gasteiger partial charge in [-0.15, -0.1) is 0 Å². The molecule has 0 N–H and O–H groups in total. The molecule has 0 nitrogen and oxygen atoms in total. The fraction of sp³-hybridized carbons (Fsp3) is 0.400. The van der Waals surface area contributed by atoms with Gasteiger partial charge in [-0.25, -0.2) is 0 Å². The summed E-state index contributed by atoms with van der Waals surface area (Å²) in [7, 11) is -3.00. The fourth-order valence-electron chi connectivity index (χ4n) is 4.09. The van der Waals surface area contributed by atoms with E-state index in [9.17, 15) is 0 Å². The summed E-state index contributed by atoms with van der Waals surface area (Å²) in [5, 5.41) is 3.34. The molecule has 0 amide bonds. The monoisotopic (exact) mass is 326 g/mol. The molecule has 118 valence electrons. The third-order valence-electron chi connectivity index (χ3n) is 5.54. The van der Waals surface area contributed by atoms with E-state index < -0.39 is 15.2 Å². The van der Waals surface area contributed by atoms with Gasteiger partial charge in [-0.3, -0.25) is 0 Å². The van der Waals surface area contributed by atoms with Gasteiger partial charge in [0.15, 0.2) is 0 Å². The van der Waals surface area contributed by atoms with Crippen LogP contribution in [0.2, 0.25) is 25.2 Å². The van der Waals surface area contributed by atoms with Crippen LogP contribution in [-0.4, -0.2) is 15.2 Å². The van der Waals surface area contributed by atoms with Gasteiger partial charge in [0, 0.05) is 0 Å². The molecule has 0 saturated heterocycles. The molecule has 0 fully saturated rings. The van der Waals surface area contributed by atoms with E-state index in [2.05, 4.69) is 87.6 Å². The highest BCUT2D eigenvalue weighted by atomic mass is 29.3. The Balaban J connectivity index is 2.60. The SMILES string of the molecule is CCC[Si](C)(c1ccccc1)[Si](C)(CCC)c1ccccc1. The van der Waals surface area contributed by atoms with Crippen molar-refractivity contribution in [3.05, 3.63) is 60.7 Å². The second-order valence-corrected chi connectivity index (χ2v) is 21.0. The minimum absolute atomic E-state index is 1.30. The molecular formula is C20H30Si2. The van der Waals surface area contributed by atoms with Gasteiger partial charge in [0.05, 0.1) is 15.2 Å². The average Bonchev–Trinajstić information content (AvgIpc) is 2.56. The standard InChI is InChI=1S/C20H30Si2/c1-5-17-21(3,19-13-9-7-10-14-19)22(4,18-6-2)20-15-11-8-12-16-20/h7-16H,5-6,17-18H2,1-4H3. The topological polar surface area (TPSA) is 0 Å². The summed E-state index contributed by atoms with van der Waals surface area (Å²) in [5.74, 6) is 0. The largest absolute Gasteiger partial charge is 0.0823 e. The van der Waals surface area contributed by atoms with E-state index in [4.69, 9.17) is 0 Å². The van der Waals surface area contributed by atoms with Crippen molar-refractivity contribution >= 4 is 25.6 Å². The molecule has 0 spiro atoms. The van der Waals surface area contributed by atoms with Crippen molar-refractivity contribution in [2.45, 2.75) is 51.9 Å². The van der Waals surface area contributed by atoms with Crippen molar-refractivity contribution in [2.24, 2.45) is 0 Å². The predicted octanol–water partition coefficient (Wildman–Crippen LogP) is 4.86. The van der Waals surface area contributed by atoms with Crippen LogP contribution in [0.15, 0.2) is 60.7 Å². The Morgan fingerprint density at radius 2 is 0.909 bits per heavy atom. The zero-order valence-electron chi connectivity index (χ0n) is 14.6. The van der Waals surface area contributed by atoms with Crippen molar-refractivity contribution in [1.82, 2.24) is 0 Å². The normalized spacial score (nSPS) is 16.7. The van der Waals surface area contributed by atoms with E-state index in [1.165, 1.54) is 24.9 Å². The summed E-state index contributed by atoms with van der Waals surface area (Å²) in [5.41, 5.74) is 0. The average molecular weight is 327 g/mol. The maximum absolute atomic E-state index is 2.67. The minimum Gasteiger partial charge on any atom is -0.0669 e. The lowest BCUT2D eigenvalue weighted by Gasteiger charge is -2.45. The van der Waals surface area contributed by atoms with E-state index in [1.807, 2.05) is 0 Å². The quantitative estimate of drug-likeness (QED) is 0.638. The second-order valence-electron chi connectivity index (χ2n) is 6.90. The zero-order chi connectivity index (χ0) is 16.1. The number of rotatable bonds is 7. The van der Waals surface area contributed by atoms with Crippen LogP contribution in [0.1, 0.15) is 26.7 Å². The van der Waals surface area contributed by atoms with Crippen LogP contribution in [0.25, 0.3) is 0 Å². The Morgan fingerprint density at radius 1 is 0.591 bits per heavy atom. The van der Waals surface area contributed by atoms with E-state index in [0.717, 1.165) is 0 Å². The van der Waals surface area contributed by atoms with Crippen LogP contribution in [-0.2, 0) is 0 Å². The Kier molecular flexibility index (Phi) is 5.82. The van der Waals surface area contributed by atoms with Gasteiger partial charge < -0.3 is 0 Å². The Bertz CT molecular complexity index is 513. The van der Waals surface area contributed by atoms with Gasteiger partial charge in [0.2, 0.25) is 0 Å². The van der Waals surface area contributed by atoms with Crippen molar-refractivity contribution < 1.29 is 0 Å². The molecule has 0 aromatic heterocycles. The van der Waals surface area contributed by atoms with Gasteiger partial charge in [0.1, 0.15) is 0 Å². The van der Waals surface area contributed by atoms with E-state index in [0.29, 0.717) is 0 Å². The molecule has 0 aliphatic heterocycles. The fourth-order valence-corrected chi connectivity index (χ4v) is 20.5. The van der Waals surface area contributed by atoms with Crippen LogP contribution >= 0.6 is 0 Å². The molecule has 2 aromatic rings. The molecule has 0 saturated carbocycles. The van der Waals surface area contributed by atoms with Crippen molar-refractivity contribution in [1.29, 1.82) is 0 Å². The summed E-state index contributed by atoms with van der Waals surface area (Å²) < 4.78 is 0. The Hall–Kier alpha value is -1.13. The van der Waals surface area contributed by atoms with Crippen molar-refractivity contribution in [3.63, 3.8) is 0 Å². The van der Waals surface area contributed by atoms with Crippen LogP contribution in [0.3, 0.4) is 0 Å². The van der Waals surface area contributed by atoms with E-state index >= 15 is 0 Å². The first-order valence-electron chi connectivity index (χ1n) is 8.69. The maximum atomic E-state index is 2.67. The lowest BCUT2D eigenvalue weighted by Crippen LogP contribution is -2.72. The number of benzene rings is 2. The first kappa shape index (κ1) is 17.2. The number of hydrogen-bond donors (Lipinski definition) is 0. The molecule has 0 heterocycles. The van der Waals surface area contributed by atoms with E-state index in [1.54, 1.807) is 10.4 Å². The molecule has 0 aliphatic rings. The molecule has 0 aliphatic carbocycles. The summed E-state index contributed by atoms with van der Waals surface area (Å²) in [6.07, 6.45) is 2.60. The maximum Gasteiger partial charge on any atom is 0.0823 e. The van der Waals surface area contributed by atoms with Crippen LogP contribution in [0.5, 0.6) is 0 Å². The van der Waals surface area contributed by atoms with Gasteiger partial charge >= 0.3 is 0 Å². The molecule has 2 atom stereocenters. The summed E-state index contributed by atoms with van der Waals surface area (Å²) >= 11 is 0.